The highest BCUT2D eigenvalue weighted by atomic mass is 15.2. The van der Waals surface area contributed by atoms with E-state index in [-0.39, 0.29) is 11.5 Å². The molecule has 1 atom stereocenters. The van der Waals surface area contributed by atoms with Crippen LogP contribution in [-0.2, 0) is 0 Å². The van der Waals surface area contributed by atoms with E-state index >= 15 is 0 Å². The van der Waals surface area contributed by atoms with Crippen LogP contribution in [0.3, 0.4) is 0 Å². The molecule has 0 amide bonds. The molecule has 0 saturated carbocycles. The van der Waals surface area contributed by atoms with Crippen LogP contribution in [0.25, 0.3) is 0 Å². The van der Waals surface area contributed by atoms with Crippen LogP contribution < -0.4 is 0 Å². The van der Waals surface area contributed by atoms with E-state index in [0.29, 0.717) is 0 Å². The summed E-state index contributed by atoms with van der Waals surface area (Å²) in [6, 6.07) is 2.47. The molecule has 1 fully saturated rings. The molecule has 1 saturated heterocycles. The summed E-state index contributed by atoms with van der Waals surface area (Å²) in [5.41, 5.74) is 0.0713. The van der Waals surface area contributed by atoms with Crippen molar-refractivity contribution in [2.24, 2.45) is 11.8 Å². The highest BCUT2D eigenvalue weighted by Crippen LogP contribution is 2.33. The Morgan fingerprint density at radius 2 is 2.13 bits per heavy atom. The Hall–Kier alpha value is -0.550. The first-order valence-electron chi connectivity index (χ1n) is 6.13. The van der Waals surface area contributed by atoms with Crippen LogP contribution in [0.4, 0.5) is 0 Å². The molecule has 0 aromatic carbocycles. The Kier molecular flexibility index (Phi) is 4.16. The molecule has 2 nitrogen and oxygen atoms in total. The molecule has 86 valence electrons. The SMILES string of the molecule is CC(C)CCN1CCCC(C#N)C1(C)C. The van der Waals surface area contributed by atoms with E-state index < -0.39 is 0 Å². The van der Waals surface area contributed by atoms with E-state index in [4.69, 9.17) is 5.26 Å². The molecule has 2 heteroatoms. The number of nitriles is 1. The fourth-order valence-electron chi connectivity index (χ4n) is 2.38. The van der Waals surface area contributed by atoms with Crippen molar-refractivity contribution >= 4 is 0 Å². The highest BCUT2D eigenvalue weighted by Gasteiger charge is 2.38. The van der Waals surface area contributed by atoms with Gasteiger partial charge in [-0.25, -0.2) is 0 Å². The minimum absolute atomic E-state index is 0.0713. The summed E-state index contributed by atoms with van der Waals surface area (Å²) >= 11 is 0. The molecule has 1 unspecified atom stereocenters. The lowest BCUT2D eigenvalue weighted by Gasteiger charge is -2.45. The van der Waals surface area contributed by atoms with Gasteiger partial charge in [-0.3, -0.25) is 4.90 Å². The van der Waals surface area contributed by atoms with Crippen LogP contribution in [-0.4, -0.2) is 23.5 Å². The van der Waals surface area contributed by atoms with E-state index in [1.54, 1.807) is 0 Å². The summed E-state index contributed by atoms with van der Waals surface area (Å²) in [6.07, 6.45) is 3.49. The average Bonchev–Trinajstić information content (AvgIpc) is 2.15. The van der Waals surface area contributed by atoms with Gasteiger partial charge in [-0.2, -0.15) is 5.26 Å². The predicted octanol–water partition coefficient (Wildman–Crippen LogP) is 3.05. The summed E-state index contributed by atoms with van der Waals surface area (Å²) in [4.78, 5) is 2.50. The van der Waals surface area contributed by atoms with Gasteiger partial charge >= 0.3 is 0 Å². The van der Waals surface area contributed by atoms with Gasteiger partial charge in [0.1, 0.15) is 0 Å². The molecule has 15 heavy (non-hydrogen) atoms. The Labute approximate surface area is 94.3 Å². The monoisotopic (exact) mass is 208 g/mol. The van der Waals surface area contributed by atoms with E-state index in [0.717, 1.165) is 25.4 Å². The van der Waals surface area contributed by atoms with Crippen molar-refractivity contribution in [3.8, 4) is 6.07 Å². The summed E-state index contributed by atoms with van der Waals surface area (Å²) in [7, 11) is 0. The molecule has 1 aliphatic heterocycles. The number of piperidine rings is 1. The highest BCUT2D eigenvalue weighted by molar-refractivity contribution is 5.02. The third-order valence-corrected chi connectivity index (χ3v) is 3.72. The topological polar surface area (TPSA) is 27.0 Å². The lowest BCUT2D eigenvalue weighted by Crippen LogP contribution is -2.53. The molecule has 0 aromatic rings. The molecule has 0 radical (unpaired) electrons. The fourth-order valence-corrected chi connectivity index (χ4v) is 2.38. The molecule has 0 bridgehead atoms. The van der Waals surface area contributed by atoms with Crippen molar-refractivity contribution < 1.29 is 0 Å². The zero-order valence-electron chi connectivity index (χ0n) is 10.6. The molecular formula is C13H24N2. The zero-order valence-corrected chi connectivity index (χ0v) is 10.6. The Balaban J connectivity index is 2.59. The molecule has 1 aliphatic rings. The van der Waals surface area contributed by atoms with Gasteiger partial charge in [0.2, 0.25) is 0 Å². The lowest BCUT2D eigenvalue weighted by atomic mass is 9.80. The number of likely N-dealkylation sites (tertiary alicyclic amines) is 1. The van der Waals surface area contributed by atoms with Gasteiger partial charge in [0.15, 0.2) is 0 Å². The number of rotatable bonds is 3. The summed E-state index contributed by atoms with van der Waals surface area (Å²) in [5.74, 6) is 0.960. The van der Waals surface area contributed by atoms with Crippen molar-refractivity contribution in [3.63, 3.8) is 0 Å². The normalized spacial score (nSPS) is 26.5. The molecule has 1 heterocycles. The second-order valence-corrected chi connectivity index (χ2v) is 5.65. The largest absolute Gasteiger partial charge is 0.297 e. The van der Waals surface area contributed by atoms with Gasteiger partial charge in [0.25, 0.3) is 0 Å². The van der Waals surface area contributed by atoms with Crippen LogP contribution >= 0.6 is 0 Å². The van der Waals surface area contributed by atoms with Crippen LogP contribution in [0.1, 0.15) is 47.0 Å². The fraction of sp³-hybridized carbons (Fsp3) is 0.923. The Morgan fingerprint density at radius 1 is 1.47 bits per heavy atom. The van der Waals surface area contributed by atoms with Crippen molar-refractivity contribution in [2.45, 2.75) is 52.5 Å². The second kappa shape index (κ2) is 4.99. The van der Waals surface area contributed by atoms with Gasteiger partial charge < -0.3 is 0 Å². The van der Waals surface area contributed by atoms with E-state index in [2.05, 4.69) is 38.7 Å². The van der Waals surface area contributed by atoms with Crippen molar-refractivity contribution in [1.82, 2.24) is 4.90 Å². The lowest BCUT2D eigenvalue weighted by molar-refractivity contribution is 0.0416. The first-order chi connectivity index (χ1) is 6.98. The molecule has 0 aliphatic carbocycles. The number of hydrogen-bond acceptors (Lipinski definition) is 2. The van der Waals surface area contributed by atoms with Crippen molar-refractivity contribution in [1.29, 1.82) is 5.26 Å². The van der Waals surface area contributed by atoms with E-state index in [1.165, 1.54) is 12.8 Å². The number of nitrogens with zero attached hydrogens (tertiary/aromatic N) is 2. The second-order valence-electron chi connectivity index (χ2n) is 5.65. The molecule has 0 aromatic heterocycles. The quantitative estimate of drug-likeness (QED) is 0.713. The maximum atomic E-state index is 9.15. The van der Waals surface area contributed by atoms with Gasteiger partial charge in [-0.05, 0) is 52.1 Å². The molecular weight excluding hydrogens is 184 g/mol. The molecule has 0 spiro atoms. The van der Waals surface area contributed by atoms with Crippen molar-refractivity contribution in [2.75, 3.05) is 13.1 Å². The van der Waals surface area contributed by atoms with Crippen LogP contribution in [0.2, 0.25) is 0 Å². The van der Waals surface area contributed by atoms with Crippen LogP contribution in [0, 0.1) is 23.2 Å². The van der Waals surface area contributed by atoms with Gasteiger partial charge in [0.05, 0.1) is 12.0 Å². The first kappa shape index (κ1) is 12.5. The maximum absolute atomic E-state index is 9.15. The minimum atomic E-state index is 0.0713. The summed E-state index contributed by atoms with van der Waals surface area (Å²) in [6.45, 7) is 11.3. The molecule has 0 N–H and O–H groups in total. The van der Waals surface area contributed by atoms with Crippen LogP contribution in [0.15, 0.2) is 0 Å². The number of hydrogen-bond donors (Lipinski definition) is 0. The average molecular weight is 208 g/mol. The smallest absolute Gasteiger partial charge is 0.0675 e. The first-order valence-corrected chi connectivity index (χ1v) is 6.13. The van der Waals surface area contributed by atoms with Gasteiger partial charge in [0, 0.05) is 5.54 Å². The maximum Gasteiger partial charge on any atom is 0.0675 e. The Morgan fingerprint density at radius 3 is 2.67 bits per heavy atom. The standard InChI is InChI=1S/C13H24N2/c1-11(2)7-9-15-8-5-6-12(10-14)13(15,3)4/h11-12H,5-9H2,1-4H3. The third kappa shape index (κ3) is 2.95. The van der Waals surface area contributed by atoms with E-state index in [1.807, 2.05) is 0 Å². The predicted molar refractivity (Wildman–Crippen MR) is 63.4 cm³/mol. The zero-order chi connectivity index (χ0) is 11.5. The minimum Gasteiger partial charge on any atom is -0.297 e. The third-order valence-electron chi connectivity index (χ3n) is 3.72. The van der Waals surface area contributed by atoms with Gasteiger partial charge in [-0.1, -0.05) is 13.8 Å². The molecule has 1 rings (SSSR count). The van der Waals surface area contributed by atoms with Gasteiger partial charge in [-0.15, -0.1) is 0 Å². The van der Waals surface area contributed by atoms with Crippen LogP contribution in [0.5, 0.6) is 0 Å². The van der Waals surface area contributed by atoms with Crippen molar-refractivity contribution in [3.05, 3.63) is 0 Å². The Bertz CT molecular complexity index is 237. The summed E-state index contributed by atoms with van der Waals surface area (Å²) < 4.78 is 0. The summed E-state index contributed by atoms with van der Waals surface area (Å²) in [5, 5.41) is 9.15. The van der Waals surface area contributed by atoms with E-state index in [9.17, 15) is 0 Å².